The first-order valence-electron chi connectivity index (χ1n) is 7.51. The van der Waals surface area contributed by atoms with Crippen LogP contribution in [0.25, 0.3) is 0 Å². The number of Topliss-reactive ketones (excluding diaryl/α,β-unsaturated/α-hetero) is 1. The van der Waals surface area contributed by atoms with Crippen molar-refractivity contribution in [3.05, 3.63) is 35.4 Å². The summed E-state index contributed by atoms with van der Waals surface area (Å²) < 4.78 is 5.71. The first-order valence-corrected chi connectivity index (χ1v) is 7.51. The lowest BCUT2D eigenvalue weighted by molar-refractivity contribution is -0.0648. The zero-order valence-electron chi connectivity index (χ0n) is 12.9. The molecule has 0 saturated carbocycles. The Morgan fingerprint density at radius 2 is 2.05 bits per heavy atom. The van der Waals surface area contributed by atoms with E-state index in [-0.39, 0.29) is 17.9 Å². The van der Waals surface area contributed by atoms with Crippen LogP contribution in [0.1, 0.15) is 43.1 Å². The van der Waals surface area contributed by atoms with Crippen LogP contribution in [0.4, 0.5) is 0 Å². The summed E-state index contributed by atoms with van der Waals surface area (Å²) in [5.74, 6) is 0.206. The molecule has 20 heavy (non-hydrogen) atoms. The molecule has 1 heterocycles. The van der Waals surface area contributed by atoms with Crippen molar-refractivity contribution < 1.29 is 9.53 Å². The van der Waals surface area contributed by atoms with E-state index in [1.54, 1.807) is 0 Å². The number of ketones is 1. The van der Waals surface area contributed by atoms with Crippen LogP contribution in [0, 0.1) is 6.92 Å². The number of carbonyl (C=O) groups excluding carboxylic acids is 1. The van der Waals surface area contributed by atoms with Crippen molar-refractivity contribution in [1.29, 1.82) is 0 Å². The smallest absolute Gasteiger partial charge is 0.179 e. The van der Waals surface area contributed by atoms with Crippen LogP contribution in [-0.4, -0.2) is 42.0 Å². The average molecular weight is 275 g/mol. The highest BCUT2D eigenvalue weighted by atomic mass is 16.5. The van der Waals surface area contributed by atoms with Crippen LogP contribution in [0.3, 0.4) is 0 Å². The number of hydrogen-bond donors (Lipinski definition) is 0. The molecule has 2 rings (SSSR count). The van der Waals surface area contributed by atoms with Gasteiger partial charge in [0.2, 0.25) is 0 Å². The molecule has 1 saturated heterocycles. The number of aryl methyl sites for hydroxylation is 1. The molecule has 3 unspecified atom stereocenters. The van der Waals surface area contributed by atoms with Crippen molar-refractivity contribution in [2.75, 3.05) is 13.2 Å². The van der Waals surface area contributed by atoms with E-state index in [2.05, 4.69) is 18.7 Å². The molecular formula is C17H25NO2. The maximum atomic E-state index is 12.6. The van der Waals surface area contributed by atoms with E-state index >= 15 is 0 Å². The summed E-state index contributed by atoms with van der Waals surface area (Å²) in [5.41, 5.74) is 1.98. The lowest BCUT2D eigenvalue weighted by Gasteiger charge is -2.41. The van der Waals surface area contributed by atoms with Crippen molar-refractivity contribution in [1.82, 2.24) is 4.90 Å². The van der Waals surface area contributed by atoms with Gasteiger partial charge in [0.05, 0.1) is 18.8 Å². The summed E-state index contributed by atoms with van der Waals surface area (Å²) in [6, 6.07) is 8.11. The summed E-state index contributed by atoms with van der Waals surface area (Å²) >= 11 is 0. The minimum atomic E-state index is -0.0889. The second-order valence-corrected chi connectivity index (χ2v) is 5.81. The first kappa shape index (κ1) is 15.2. The Hall–Kier alpha value is -1.19. The summed E-state index contributed by atoms with van der Waals surface area (Å²) in [6.45, 7) is 9.83. The lowest BCUT2D eigenvalue weighted by Crippen LogP contribution is -2.54. The highest BCUT2D eigenvalue weighted by Gasteiger charge is 2.32. The average Bonchev–Trinajstić information content (AvgIpc) is 2.46. The largest absolute Gasteiger partial charge is 0.376 e. The first-order chi connectivity index (χ1) is 9.52. The number of carbonyl (C=O) groups is 1. The van der Waals surface area contributed by atoms with Crippen LogP contribution in [0.5, 0.6) is 0 Å². The Kier molecular flexibility index (Phi) is 4.95. The molecule has 1 aliphatic rings. The minimum Gasteiger partial charge on any atom is -0.376 e. The number of hydrogen-bond acceptors (Lipinski definition) is 3. The van der Waals surface area contributed by atoms with E-state index in [0.717, 1.165) is 25.1 Å². The molecule has 0 radical (unpaired) electrons. The molecule has 110 valence electrons. The SMILES string of the molecule is CCC1COC(C)CN1C(C)C(=O)c1ccc(C)cc1. The van der Waals surface area contributed by atoms with Gasteiger partial charge in [0, 0.05) is 18.2 Å². The number of benzene rings is 1. The van der Waals surface area contributed by atoms with Crippen LogP contribution >= 0.6 is 0 Å². The third-order valence-corrected chi connectivity index (χ3v) is 4.19. The molecule has 0 bridgehead atoms. The predicted molar refractivity (Wildman–Crippen MR) is 81.2 cm³/mol. The van der Waals surface area contributed by atoms with Gasteiger partial charge in [-0.3, -0.25) is 9.69 Å². The predicted octanol–water partition coefficient (Wildman–Crippen LogP) is 3.07. The molecule has 0 aliphatic carbocycles. The quantitative estimate of drug-likeness (QED) is 0.791. The van der Waals surface area contributed by atoms with E-state index in [9.17, 15) is 4.79 Å². The van der Waals surface area contributed by atoms with Crippen LogP contribution in [0.2, 0.25) is 0 Å². The van der Waals surface area contributed by atoms with E-state index in [1.807, 2.05) is 38.1 Å². The molecule has 0 aromatic heterocycles. The van der Waals surface area contributed by atoms with Crippen LogP contribution < -0.4 is 0 Å². The lowest BCUT2D eigenvalue weighted by atomic mass is 9.99. The molecule has 0 spiro atoms. The van der Waals surface area contributed by atoms with Gasteiger partial charge in [-0.15, -0.1) is 0 Å². The number of ether oxygens (including phenoxy) is 1. The highest BCUT2D eigenvalue weighted by molar-refractivity contribution is 5.99. The van der Waals surface area contributed by atoms with Gasteiger partial charge in [-0.05, 0) is 27.2 Å². The normalized spacial score (nSPS) is 25.4. The molecule has 0 amide bonds. The van der Waals surface area contributed by atoms with Gasteiger partial charge in [0.1, 0.15) is 0 Å². The second-order valence-electron chi connectivity index (χ2n) is 5.81. The third kappa shape index (κ3) is 3.28. The Bertz CT molecular complexity index is 455. The van der Waals surface area contributed by atoms with Crippen molar-refractivity contribution >= 4 is 5.78 Å². The van der Waals surface area contributed by atoms with Crippen molar-refractivity contribution in [2.24, 2.45) is 0 Å². The Morgan fingerprint density at radius 3 is 2.65 bits per heavy atom. The van der Waals surface area contributed by atoms with Gasteiger partial charge < -0.3 is 4.74 Å². The standard InChI is InChI=1S/C17H25NO2/c1-5-16-11-20-13(3)10-18(16)14(4)17(19)15-8-6-12(2)7-9-15/h6-9,13-14,16H,5,10-11H2,1-4H3. The maximum absolute atomic E-state index is 12.6. The fourth-order valence-corrected chi connectivity index (χ4v) is 2.81. The van der Waals surface area contributed by atoms with Gasteiger partial charge >= 0.3 is 0 Å². The summed E-state index contributed by atoms with van der Waals surface area (Å²) in [6.07, 6.45) is 1.21. The Balaban J connectivity index is 2.13. The molecule has 3 atom stereocenters. The number of morpholine rings is 1. The highest BCUT2D eigenvalue weighted by Crippen LogP contribution is 2.20. The molecule has 1 aromatic rings. The van der Waals surface area contributed by atoms with E-state index in [1.165, 1.54) is 5.56 Å². The fourth-order valence-electron chi connectivity index (χ4n) is 2.81. The molecule has 1 fully saturated rings. The molecule has 0 N–H and O–H groups in total. The van der Waals surface area contributed by atoms with Crippen molar-refractivity contribution in [3.63, 3.8) is 0 Å². The monoisotopic (exact) mass is 275 g/mol. The van der Waals surface area contributed by atoms with Gasteiger partial charge in [-0.25, -0.2) is 0 Å². The van der Waals surface area contributed by atoms with Gasteiger partial charge in [0.25, 0.3) is 0 Å². The Morgan fingerprint density at radius 1 is 1.40 bits per heavy atom. The van der Waals surface area contributed by atoms with Crippen molar-refractivity contribution in [2.45, 2.75) is 52.3 Å². The van der Waals surface area contributed by atoms with E-state index in [4.69, 9.17) is 4.74 Å². The molecule has 3 heteroatoms. The molecule has 1 aromatic carbocycles. The third-order valence-electron chi connectivity index (χ3n) is 4.19. The Labute approximate surface area is 121 Å². The molecule has 1 aliphatic heterocycles. The number of rotatable bonds is 4. The van der Waals surface area contributed by atoms with Gasteiger partial charge in [-0.1, -0.05) is 36.8 Å². The summed E-state index contributed by atoms with van der Waals surface area (Å²) in [4.78, 5) is 14.9. The van der Waals surface area contributed by atoms with Gasteiger partial charge in [0.15, 0.2) is 5.78 Å². The van der Waals surface area contributed by atoms with Crippen LogP contribution in [0.15, 0.2) is 24.3 Å². The van der Waals surface area contributed by atoms with E-state index < -0.39 is 0 Å². The zero-order valence-corrected chi connectivity index (χ0v) is 12.9. The van der Waals surface area contributed by atoms with Gasteiger partial charge in [-0.2, -0.15) is 0 Å². The minimum absolute atomic E-state index is 0.0889. The summed E-state index contributed by atoms with van der Waals surface area (Å²) in [7, 11) is 0. The zero-order chi connectivity index (χ0) is 14.7. The second kappa shape index (κ2) is 6.51. The number of nitrogens with zero attached hydrogens (tertiary/aromatic N) is 1. The molecule has 3 nitrogen and oxygen atoms in total. The fraction of sp³-hybridized carbons (Fsp3) is 0.588. The maximum Gasteiger partial charge on any atom is 0.179 e. The summed E-state index contributed by atoms with van der Waals surface area (Å²) in [5, 5.41) is 0. The van der Waals surface area contributed by atoms with E-state index in [0.29, 0.717) is 6.04 Å². The van der Waals surface area contributed by atoms with Crippen LogP contribution in [-0.2, 0) is 4.74 Å². The van der Waals surface area contributed by atoms with Crippen molar-refractivity contribution in [3.8, 4) is 0 Å². The molecular weight excluding hydrogens is 250 g/mol. The topological polar surface area (TPSA) is 29.5 Å².